The average molecular weight is 294 g/mol. The van der Waals surface area contributed by atoms with Gasteiger partial charge in [-0.25, -0.2) is 4.68 Å². The Morgan fingerprint density at radius 3 is 2.57 bits per heavy atom. The molecule has 1 saturated heterocycles. The fourth-order valence-corrected chi connectivity index (χ4v) is 1.97. The van der Waals surface area contributed by atoms with Crippen LogP contribution in [0.2, 0.25) is 0 Å². The number of Topliss-reactive ketones (excluding diaryl/α,β-unsaturated/α-hetero) is 1. The van der Waals surface area contributed by atoms with E-state index in [9.17, 15) is 9.59 Å². The lowest BCUT2D eigenvalue weighted by molar-refractivity contribution is -0.127. The first-order chi connectivity index (χ1) is 9.61. The van der Waals surface area contributed by atoms with Crippen molar-refractivity contribution in [3.63, 3.8) is 0 Å². The first kappa shape index (κ1) is 15.6. The highest BCUT2D eigenvalue weighted by molar-refractivity contribution is 5.92. The van der Waals surface area contributed by atoms with E-state index in [1.165, 1.54) is 10.9 Å². The molecule has 0 atom stereocenters. The molecule has 1 aromatic heterocycles. The molecule has 1 fully saturated rings. The molecule has 0 unspecified atom stereocenters. The van der Waals surface area contributed by atoms with Crippen molar-refractivity contribution in [2.24, 2.45) is 5.41 Å². The summed E-state index contributed by atoms with van der Waals surface area (Å²) >= 11 is 0. The normalized spacial score (nSPS) is 18.0. The maximum atomic E-state index is 12.4. The molecular formula is C14H22N4O3. The summed E-state index contributed by atoms with van der Waals surface area (Å²) in [4.78, 5) is 26.0. The summed E-state index contributed by atoms with van der Waals surface area (Å²) in [7, 11) is 0. The van der Waals surface area contributed by atoms with Crippen LogP contribution in [0.5, 0.6) is 0 Å². The molecule has 1 amide bonds. The van der Waals surface area contributed by atoms with Gasteiger partial charge in [0.15, 0.2) is 11.5 Å². The summed E-state index contributed by atoms with van der Waals surface area (Å²) in [6.45, 7) is 10.3. The Morgan fingerprint density at radius 1 is 1.38 bits per heavy atom. The smallest absolute Gasteiger partial charge is 0.278 e. The van der Waals surface area contributed by atoms with E-state index in [-0.39, 0.29) is 36.2 Å². The highest BCUT2D eigenvalue weighted by Gasteiger charge is 2.38. The Kier molecular flexibility index (Phi) is 3.88. The number of aromatic nitrogens is 3. The van der Waals surface area contributed by atoms with E-state index in [0.29, 0.717) is 6.61 Å². The van der Waals surface area contributed by atoms with Crippen LogP contribution in [0.15, 0.2) is 6.20 Å². The van der Waals surface area contributed by atoms with Gasteiger partial charge in [-0.15, -0.1) is 5.10 Å². The van der Waals surface area contributed by atoms with Crippen molar-refractivity contribution in [2.75, 3.05) is 13.3 Å². The van der Waals surface area contributed by atoms with Gasteiger partial charge in [0, 0.05) is 5.41 Å². The molecule has 1 aliphatic rings. The third-order valence-corrected chi connectivity index (χ3v) is 3.55. The van der Waals surface area contributed by atoms with Crippen LogP contribution in [0.1, 0.15) is 45.1 Å². The van der Waals surface area contributed by atoms with Gasteiger partial charge in [-0.1, -0.05) is 26.0 Å². The molecule has 0 N–H and O–H groups in total. The number of amides is 1. The molecule has 21 heavy (non-hydrogen) atoms. The number of ether oxygens (including phenoxy) is 1. The van der Waals surface area contributed by atoms with Crippen molar-refractivity contribution in [1.29, 1.82) is 0 Å². The van der Waals surface area contributed by atoms with Crippen molar-refractivity contribution in [1.82, 2.24) is 19.9 Å². The number of ketones is 1. The maximum absolute atomic E-state index is 12.4. The van der Waals surface area contributed by atoms with Crippen molar-refractivity contribution < 1.29 is 14.3 Å². The molecule has 1 aliphatic heterocycles. The first-order valence-corrected chi connectivity index (χ1v) is 6.94. The lowest BCUT2D eigenvalue weighted by Crippen LogP contribution is -2.44. The number of hydrogen-bond donors (Lipinski definition) is 0. The van der Waals surface area contributed by atoms with Gasteiger partial charge in [0.1, 0.15) is 13.3 Å². The number of hydrogen-bond acceptors (Lipinski definition) is 5. The fourth-order valence-electron chi connectivity index (χ4n) is 1.97. The molecule has 7 nitrogen and oxygen atoms in total. The first-order valence-electron chi connectivity index (χ1n) is 6.94. The molecule has 116 valence electrons. The standard InChI is InChI=1S/C14H22N4O3/c1-13(2,3)11(19)7-17-6-10(15-16-17)12(20)18-9-21-8-14(18,4)5/h6H,7-9H2,1-5H3. The minimum absolute atomic E-state index is 0.0382. The minimum Gasteiger partial charge on any atom is -0.359 e. The summed E-state index contributed by atoms with van der Waals surface area (Å²) in [5.41, 5.74) is -0.571. The number of nitrogens with zero attached hydrogens (tertiary/aromatic N) is 4. The van der Waals surface area contributed by atoms with Crippen LogP contribution in [0, 0.1) is 5.41 Å². The van der Waals surface area contributed by atoms with Crippen LogP contribution in [-0.2, 0) is 16.1 Å². The van der Waals surface area contributed by atoms with Gasteiger partial charge in [0.25, 0.3) is 5.91 Å². The topological polar surface area (TPSA) is 77.3 Å². The lowest BCUT2D eigenvalue weighted by Gasteiger charge is -2.28. The maximum Gasteiger partial charge on any atom is 0.278 e. The second-order valence-corrected chi connectivity index (χ2v) is 7.00. The van der Waals surface area contributed by atoms with Crippen molar-refractivity contribution in [3.05, 3.63) is 11.9 Å². The van der Waals surface area contributed by atoms with Crippen LogP contribution in [0.3, 0.4) is 0 Å². The van der Waals surface area contributed by atoms with Gasteiger partial charge >= 0.3 is 0 Å². The van der Waals surface area contributed by atoms with Crippen LogP contribution in [0.25, 0.3) is 0 Å². The molecule has 2 rings (SSSR count). The van der Waals surface area contributed by atoms with E-state index in [1.807, 2.05) is 34.6 Å². The molecule has 0 spiro atoms. The van der Waals surface area contributed by atoms with Gasteiger partial charge in [0.05, 0.1) is 18.3 Å². The van der Waals surface area contributed by atoms with Gasteiger partial charge in [-0.05, 0) is 13.8 Å². The quantitative estimate of drug-likeness (QED) is 0.834. The molecule has 1 aromatic rings. The van der Waals surface area contributed by atoms with Crippen LogP contribution in [0.4, 0.5) is 0 Å². The zero-order valence-corrected chi connectivity index (χ0v) is 13.2. The summed E-state index contributed by atoms with van der Waals surface area (Å²) in [6, 6.07) is 0. The monoisotopic (exact) mass is 294 g/mol. The highest BCUT2D eigenvalue weighted by atomic mass is 16.5. The Labute approximate surface area is 124 Å². The highest BCUT2D eigenvalue weighted by Crippen LogP contribution is 2.23. The molecule has 0 radical (unpaired) electrons. The average Bonchev–Trinajstić information content (AvgIpc) is 2.93. The Morgan fingerprint density at radius 2 is 2.05 bits per heavy atom. The predicted octanol–water partition coefficient (Wildman–Crippen LogP) is 1.10. The Balaban J connectivity index is 2.10. The van der Waals surface area contributed by atoms with Crippen LogP contribution >= 0.6 is 0 Å². The SMILES string of the molecule is CC(C)(C)C(=O)Cn1cc(C(=O)N2COCC2(C)C)nn1. The second kappa shape index (κ2) is 5.22. The van der Waals surface area contributed by atoms with E-state index < -0.39 is 5.41 Å². The van der Waals surface area contributed by atoms with Gasteiger partial charge < -0.3 is 9.64 Å². The molecule has 0 saturated carbocycles. The van der Waals surface area contributed by atoms with E-state index in [4.69, 9.17) is 4.74 Å². The lowest BCUT2D eigenvalue weighted by atomic mass is 9.91. The van der Waals surface area contributed by atoms with Crippen LogP contribution in [-0.4, -0.2) is 50.5 Å². The fraction of sp³-hybridized carbons (Fsp3) is 0.714. The molecular weight excluding hydrogens is 272 g/mol. The van der Waals surface area contributed by atoms with Crippen molar-refractivity contribution in [2.45, 2.75) is 46.7 Å². The zero-order chi connectivity index (χ0) is 15.8. The minimum atomic E-state index is -0.444. The number of carbonyl (C=O) groups is 2. The van der Waals surface area contributed by atoms with Crippen molar-refractivity contribution in [3.8, 4) is 0 Å². The molecule has 0 aliphatic carbocycles. The van der Waals surface area contributed by atoms with Crippen LogP contribution < -0.4 is 0 Å². The molecule has 7 heteroatoms. The number of rotatable bonds is 3. The summed E-state index contributed by atoms with van der Waals surface area (Å²) < 4.78 is 6.73. The van der Waals surface area contributed by atoms with E-state index in [1.54, 1.807) is 4.90 Å². The third kappa shape index (κ3) is 3.29. The summed E-state index contributed by atoms with van der Waals surface area (Å²) in [5, 5.41) is 7.74. The van der Waals surface area contributed by atoms with Gasteiger partial charge in [-0.2, -0.15) is 0 Å². The van der Waals surface area contributed by atoms with Crippen molar-refractivity contribution >= 4 is 11.7 Å². The van der Waals surface area contributed by atoms with Gasteiger partial charge in [0.2, 0.25) is 0 Å². The largest absolute Gasteiger partial charge is 0.359 e. The Hall–Kier alpha value is -1.76. The molecule has 0 aromatic carbocycles. The van der Waals surface area contributed by atoms with Gasteiger partial charge in [-0.3, -0.25) is 9.59 Å². The van der Waals surface area contributed by atoms with E-state index >= 15 is 0 Å². The molecule has 2 heterocycles. The third-order valence-electron chi connectivity index (χ3n) is 3.55. The molecule has 0 bridgehead atoms. The summed E-state index contributed by atoms with van der Waals surface area (Å²) in [5.74, 6) is -0.191. The Bertz CT molecular complexity index is 557. The predicted molar refractivity (Wildman–Crippen MR) is 75.6 cm³/mol. The second-order valence-electron chi connectivity index (χ2n) is 7.00. The van der Waals surface area contributed by atoms with E-state index in [2.05, 4.69) is 10.3 Å². The van der Waals surface area contributed by atoms with E-state index in [0.717, 1.165) is 0 Å². The zero-order valence-electron chi connectivity index (χ0n) is 13.2. The number of carbonyl (C=O) groups excluding carboxylic acids is 2. The summed E-state index contributed by atoms with van der Waals surface area (Å²) in [6.07, 6.45) is 1.51.